The number of rotatable bonds is 8. The van der Waals surface area contributed by atoms with Crippen LogP contribution >= 0.6 is 11.3 Å². The van der Waals surface area contributed by atoms with Gasteiger partial charge in [0, 0.05) is 42.6 Å². The SMILES string of the molecule is CCOC(=O)c1cc(-c2csc(C3CCN(C(=O)Cc4cc([N+](=O)[O-])c(O)c([N+](=O)[O-])c4)CC3)n2)on1. The van der Waals surface area contributed by atoms with E-state index in [0.29, 0.717) is 37.4 Å². The number of hydrogen-bond donors (Lipinski definition) is 1. The van der Waals surface area contributed by atoms with Crippen molar-refractivity contribution < 1.29 is 33.8 Å². The molecule has 0 spiro atoms. The number of aromatic hydroxyl groups is 1. The molecule has 15 heteroatoms. The predicted molar refractivity (Wildman–Crippen MR) is 127 cm³/mol. The zero-order chi connectivity index (χ0) is 26.7. The monoisotopic (exact) mass is 531 g/mol. The normalized spacial score (nSPS) is 13.9. The van der Waals surface area contributed by atoms with Crippen molar-refractivity contribution in [1.29, 1.82) is 0 Å². The first-order chi connectivity index (χ1) is 17.7. The Hall–Kier alpha value is -4.40. The number of hydrogen-bond acceptors (Lipinski definition) is 12. The molecule has 1 aromatic carbocycles. The second kappa shape index (κ2) is 10.7. The number of nitro groups is 2. The zero-order valence-corrected chi connectivity index (χ0v) is 20.3. The van der Waals surface area contributed by atoms with Gasteiger partial charge in [-0.3, -0.25) is 25.0 Å². The molecule has 4 rings (SSSR count). The molecule has 194 valence electrons. The minimum Gasteiger partial charge on any atom is -0.497 e. The maximum Gasteiger partial charge on any atom is 0.360 e. The van der Waals surface area contributed by atoms with Gasteiger partial charge in [0.25, 0.3) is 5.75 Å². The molecule has 0 bridgehead atoms. The number of amides is 1. The molecule has 1 saturated heterocycles. The molecule has 2 aromatic heterocycles. The maximum atomic E-state index is 12.8. The van der Waals surface area contributed by atoms with Gasteiger partial charge in [-0.05, 0) is 25.3 Å². The van der Waals surface area contributed by atoms with Gasteiger partial charge >= 0.3 is 17.3 Å². The number of ether oxygens (including phenoxy) is 1. The van der Waals surface area contributed by atoms with E-state index in [2.05, 4.69) is 10.1 Å². The standard InChI is InChI=1S/C22H21N5O9S/c1-2-35-22(30)14-10-18(36-24-14)15-11-37-21(23-15)13-3-5-25(6-4-13)19(28)9-12-7-16(26(31)32)20(29)17(8-12)27(33)34/h7-8,10-11,13,29H,2-6,9H2,1H3. The molecule has 14 nitrogen and oxygen atoms in total. The first-order valence-corrected chi connectivity index (χ1v) is 12.1. The molecule has 1 amide bonds. The third-order valence-corrected chi connectivity index (χ3v) is 6.85. The Morgan fingerprint density at radius 1 is 1.19 bits per heavy atom. The fourth-order valence-corrected chi connectivity index (χ4v) is 4.97. The fourth-order valence-electron chi connectivity index (χ4n) is 3.99. The van der Waals surface area contributed by atoms with Gasteiger partial charge < -0.3 is 19.3 Å². The van der Waals surface area contributed by atoms with Gasteiger partial charge in [0.15, 0.2) is 11.5 Å². The van der Waals surface area contributed by atoms with E-state index in [1.54, 1.807) is 17.2 Å². The first-order valence-electron chi connectivity index (χ1n) is 11.2. The average Bonchev–Trinajstić information content (AvgIpc) is 3.55. The lowest BCUT2D eigenvalue weighted by atomic mass is 9.97. The van der Waals surface area contributed by atoms with Crippen molar-refractivity contribution in [3.8, 4) is 17.2 Å². The highest BCUT2D eigenvalue weighted by molar-refractivity contribution is 7.10. The van der Waals surface area contributed by atoms with Crippen LogP contribution in [-0.2, 0) is 16.0 Å². The summed E-state index contributed by atoms with van der Waals surface area (Å²) in [6.45, 7) is 2.74. The van der Waals surface area contributed by atoms with E-state index >= 15 is 0 Å². The second-order valence-corrected chi connectivity index (χ2v) is 9.09. The molecule has 0 unspecified atom stereocenters. The molecule has 1 N–H and O–H groups in total. The lowest BCUT2D eigenvalue weighted by molar-refractivity contribution is -0.396. The van der Waals surface area contributed by atoms with Crippen LogP contribution in [0.4, 0.5) is 11.4 Å². The van der Waals surface area contributed by atoms with Gasteiger partial charge in [0.05, 0.1) is 27.9 Å². The van der Waals surface area contributed by atoms with E-state index < -0.39 is 32.9 Å². The number of esters is 1. The van der Waals surface area contributed by atoms with Crippen LogP contribution in [0.15, 0.2) is 28.1 Å². The summed E-state index contributed by atoms with van der Waals surface area (Å²) in [5.74, 6) is -1.53. The molecular formula is C22H21N5O9S. The van der Waals surface area contributed by atoms with E-state index in [1.807, 2.05) is 0 Å². The van der Waals surface area contributed by atoms with Crippen LogP contribution in [-0.4, -0.2) is 61.6 Å². The summed E-state index contributed by atoms with van der Waals surface area (Å²) in [5, 5.41) is 38.4. The van der Waals surface area contributed by atoms with Gasteiger partial charge in [0.1, 0.15) is 5.69 Å². The summed E-state index contributed by atoms with van der Waals surface area (Å²) in [6.07, 6.45) is 0.973. The third-order valence-electron chi connectivity index (χ3n) is 5.84. The van der Waals surface area contributed by atoms with E-state index in [9.17, 15) is 34.9 Å². The van der Waals surface area contributed by atoms with Gasteiger partial charge in [-0.15, -0.1) is 11.3 Å². The molecule has 3 aromatic rings. The molecule has 0 aliphatic carbocycles. The molecule has 0 radical (unpaired) electrons. The van der Waals surface area contributed by atoms with Gasteiger partial charge in [0.2, 0.25) is 5.91 Å². The molecular weight excluding hydrogens is 510 g/mol. The number of nitro benzene ring substituents is 2. The lowest BCUT2D eigenvalue weighted by Gasteiger charge is -2.31. The Labute approximate surface area is 212 Å². The molecule has 1 fully saturated rings. The van der Waals surface area contributed by atoms with Gasteiger partial charge in [-0.2, -0.15) is 0 Å². The smallest absolute Gasteiger partial charge is 0.360 e. The summed E-state index contributed by atoms with van der Waals surface area (Å²) < 4.78 is 10.1. The summed E-state index contributed by atoms with van der Waals surface area (Å²) in [4.78, 5) is 51.2. The topological polar surface area (TPSA) is 192 Å². The van der Waals surface area contributed by atoms with Gasteiger partial charge in [-0.25, -0.2) is 9.78 Å². The van der Waals surface area contributed by atoms with Crippen LogP contribution in [0, 0.1) is 20.2 Å². The number of likely N-dealkylation sites (tertiary alicyclic amines) is 1. The van der Waals surface area contributed by atoms with Crippen LogP contribution in [0.1, 0.15) is 46.7 Å². The maximum absolute atomic E-state index is 12.8. The number of carbonyl (C=O) groups excluding carboxylic acids is 2. The summed E-state index contributed by atoms with van der Waals surface area (Å²) in [7, 11) is 0. The number of phenolic OH excluding ortho intramolecular Hbond substituents is 1. The number of thiazole rings is 1. The van der Waals surface area contributed by atoms with Crippen LogP contribution in [0.2, 0.25) is 0 Å². The number of carbonyl (C=O) groups is 2. The number of nitrogens with zero attached hydrogens (tertiary/aromatic N) is 5. The van der Waals surface area contributed by atoms with Crippen molar-refractivity contribution in [3.05, 3.63) is 60.1 Å². The second-order valence-electron chi connectivity index (χ2n) is 8.20. The third kappa shape index (κ3) is 5.55. The molecule has 3 heterocycles. The van der Waals surface area contributed by atoms with Gasteiger partial charge in [-0.1, -0.05) is 5.16 Å². The lowest BCUT2D eigenvalue weighted by Crippen LogP contribution is -2.38. The number of phenols is 1. The quantitative estimate of drug-likeness (QED) is 0.254. The Morgan fingerprint density at radius 2 is 1.84 bits per heavy atom. The summed E-state index contributed by atoms with van der Waals surface area (Å²) in [5.41, 5.74) is -0.977. The number of benzene rings is 1. The summed E-state index contributed by atoms with van der Waals surface area (Å²) in [6, 6.07) is 3.41. The number of piperidine rings is 1. The average molecular weight is 532 g/mol. The highest BCUT2D eigenvalue weighted by Gasteiger charge is 2.30. The molecule has 37 heavy (non-hydrogen) atoms. The Bertz CT molecular complexity index is 1330. The van der Waals surface area contributed by atoms with Crippen molar-refractivity contribution in [2.45, 2.75) is 32.1 Å². The minimum absolute atomic E-state index is 0.0579. The van der Waals surface area contributed by atoms with E-state index in [1.165, 1.54) is 17.4 Å². The predicted octanol–water partition coefficient (Wildman–Crippen LogP) is 3.45. The van der Waals surface area contributed by atoms with Crippen molar-refractivity contribution in [2.24, 2.45) is 0 Å². The fraction of sp³-hybridized carbons (Fsp3) is 0.364. The highest BCUT2D eigenvalue weighted by atomic mass is 32.1. The van der Waals surface area contributed by atoms with Crippen molar-refractivity contribution in [2.75, 3.05) is 19.7 Å². The van der Waals surface area contributed by atoms with Crippen LogP contribution in [0.5, 0.6) is 5.75 Å². The summed E-state index contributed by atoms with van der Waals surface area (Å²) >= 11 is 1.43. The van der Waals surface area contributed by atoms with Crippen molar-refractivity contribution in [3.63, 3.8) is 0 Å². The van der Waals surface area contributed by atoms with Crippen LogP contribution in [0.25, 0.3) is 11.5 Å². The molecule has 0 atom stereocenters. The molecule has 1 aliphatic rings. The zero-order valence-electron chi connectivity index (χ0n) is 19.5. The van der Waals surface area contributed by atoms with E-state index in [0.717, 1.165) is 17.1 Å². The van der Waals surface area contributed by atoms with Crippen LogP contribution in [0.3, 0.4) is 0 Å². The van der Waals surface area contributed by atoms with Crippen molar-refractivity contribution >= 4 is 34.6 Å². The van der Waals surface area contributed by atoms with Crippen molar-refractivity contribution in [1.82, 2.24) is 15.0 Å². The first kappa shape index (κ1) is 25.7. The number of aromatic nitrogens is 2. The minimum atomic E-state index is -1.04. The van der Waals surface area contributed by atoms with E-state index in [-0.39, 0.29) is 36.1 Å². The molecule has 1 aliphatic heterocycles. The van der Waals surface area contributed by atoms with E-state index in [4.69, 9.17) is 9.26 Å². The Morgan fingerprint density at radius 3 is 2.43 bits per heavy atom. The largest absolute Gasteiger partial charge is 0.497 e. The van der Waals surface area contributed by atoms with Crippen LogP contribution < -0.4 is 0 Å². The Balaban J connectivity index is 1.38. The highest BCUT2D eigenvalue weighted by Crippen LogP contribution is 2.37. The Kier molecular flexibility index (Phi) is 7.42. The molecule has 0 saturated carbocycles.